The van der Waals surface area contributed by atoms with Crippen LogP contribution >= 0.6 is 22.6 Å². The van der Waals surface area contributed by atoms with Crippen LogP contribution in [0.5, 0.6) is 11.5 Å². The summed E-state index contributed by atoms with van der Waals surface area (Å²) in [5, 5.41) is 3.14. The third-order valence-electron chi connectivity index (χ3n) is 2.66. The number of aryl methyl sites for hydroxylation is 1. The van der Waals surface area contributed by atoms with Gasteiger partial charge in [0.15, 0.2) is 0 Å². The Morgan fingerprint density at radius 1 is 1.11 bits per heavy atom. The summed E-state index contributed by atoms with van der Waals surface area (Å²) in [5.41, 5.74) is 2.42. The van der Waals surface area contributed by atoms with Crippen LogP contribution in [0.15, 0.2) is 42.5 Å². The van der Waals surface area contributed by atoms with E-state index in [1.54, 1.807) is 0 Å². The first kappa shape index (κ1) is 13.4. The van der Waals surface area contributed by atoms with Gasteiger partial charge in [0.2, 0.25) is 0 Å². The van der Waals surface area contributed by atoms with Gasteiger partial charge in [-0.05, 0) is 78.0 Å². The van der Waals surface area contributed by atoms with E-state index in [1.807, 2.05) is 37.4 Å². The van der Waals surface area contributed by atoms with Crippen LogP contribution in [-0.4, -0.2) is 7.05 Å². The van der Waals surface area contributed by atoms with Crippen LogP contribution in [0.25, 0.3) is 0 Å². The van der Waals surface area contributed by atoms with Gasteiger partial charge in [0, 0.05) is 10.1 Å². The molecule has 0 bridgehead atoms. The van der Waals surface area contributed by atoms with Crippen molar-refractivity contribution in [2.45, 2.75) is 13.5 Å². The Morgan fingerprint density at radius 2 is 1.83 bits per heavy atom. The van der Waals surface area contributed by atoms with Gasteiger partial charge in [0.25, 0.3) is 0 Å². The summed E-state index contributed by atoms with van der Waals surface area (Å²) in [6, 6.07) is 14.3. The number of hydrogen-bond donors (Lipinski definition) is 1. The summed E-state index contributed by atoms with van der Waals surface area (Å²) in [5.74, 6) is 1.79. The molecule has 0 heterocycles. The maximum atomic E-state index is 5.87. The molecular formula is C15H16INO. The van der Waals surface area contributed by atoms with E-state index < -0.39 is 0 Å². The van der Waals surface area contributed by atoms with Crippen LogP contribution in [0.4, 0.5) is 0 Å². The molecule has 0 unspecified atom stereocenters. The number of ether oxygens (including phenoxy) is 1. The molecule has 0 aliphatic heterocycles. The molecule has 18 heavy (non-hydrogen) atoms. The van der Waals surface area contributed by atoms with Crippen LogP contribution in [0.1, 0.15) is 11.1 Å². The van der Waals surface area contributed by atoms with Crippen molar-refractivity contribution < 1.29 is 4.74 Å². The van der Waals surface area contributed by atoms with Crippen molar-refractivity contribution in [3.63, 3.8) is 0 Å². The zero-order valence-corrected chi connectivity index (χ0v) is 12.7. The van der Waals surface area contributed by atoms with Gasteiger partial charge in [-0.3, -0.25) is 0 Å². The third-order valence-corrected chi connectivity index (χ3v) is 3.38. The van der Waals surface area contributed by atoms with Crippen molar-refractivity contribution in [2.75, 3.05) is 7.05 Å². The van der Waals surface area contributed by atoms with E-state index in [9.17, 15) is 0 Å². The van der Waals surface area contributed by atoms with Gasteiger partial charge in [0.1, 0.15) is 11.5 Å². The number of hydrogen-bond acceptors (Lipinski definition) is 2. The summed E-state index contributed by atoms with van der Waals surface area (Å²) in [7, 11) is 1.95. The predicted octanol–water partition coefficient (Wildman–Crippen LogP) is 4.11. The molecule has 94 valence electrons. The molecule has 0 atom stereocenters. The summed E-state index contributed by atoms with van der Waals surface area (Å²) < 4.78 is 7.08. The minimum Gasteiger partial charge on any atom is -0.457 e. The molecule has 0 aliphatic carbocycles. The number of benzene rings is 2. The van der Waals surface area contributed by atoms with Crippen LogP contribution in [0.2, 0.25) is 0 Å². The molecule has 2 aromatic rings. The van der Waals surface area contributed by atoms with E-state index in [2.05, 4.69) is 47.0 Å². The third kappa shape index (κ3) is 3.46. The topological polar surface area (TPSA) is 21.3 Å². The van der Waals surface area contributed by atoms with Gasteiger partial charge >= 0.3 is 0 Å². The zero-order valence-electron chi connectivity index (χ0n) is 10.5. The molecule has 0 radical (unpaired) electrons. The molecule has 0 aliphatic rings. The predicted molar refractivity (Wildman–Crippen MR) is 83.2 cm³/mol. The smallest absolute Gasteiger partial charge is 0.130 e. The maximum Gasteiger partial charge on any atom is 0.130 e. The number of rotatable bonds is 4. The molecule has 3 heteroatoms. The average Bonchev–Trinajstić information content (AvgIpc) is 2.36. The Kier molecular flexibility index (Phi) is 4.60. The van der Waals surface area contributed by atoms with Crippen LogP contribution in [0.3, 0.4) is 0 Å². The number of nitrogens with one attached hydrogen (secondary N) is 1. The molecule has 2 rings (SSSR count). The molecule has 0 saturated carbocycles. The van der Waals surface area contributed by atoms with E-state index in [-0.39, 0.29) is 0 Å². The Bertz CT molecular complexity index is 523. The first-order valence-electron chi connectivity index (χ1n) is 5.86. The van der Waals surface area contributed by atoms with Crippen molar-refractivity contribution >= 4 is 22.6 Å². The van der Waals surface area contributed by atoms with E-state index >= 15 is 0 Å². The first-order chi connectivity index (χ1) is 8.69. The Hall–Kier alpha value is -1.07. The lowest BCUT2D eigenvalue weighted by Crippen LogP contribution is -2.05. The highest BCUT2D eigenvalue weighted by molar-refractivity contribution is 14.1. The molecular weight excluding hydrogens is 337 g/mol. The van der Waals surface area contributed by atoms with Gasteiger partial charge in [-0.15, -0.1) is 0 Å². The molecule has 2 nitrogen and oxygen atoms in total. The molecule has 1 N–H and O–H groups in total. The SMILES string of the molecule is CNCc1ccc(Oc2ccc(I)cc2)c(C)c1. The fraction of sp³-hybridized carbons (Fsp3) is 0.200. The van der Waals surface area contributed by atoms with Crippen molar-refractivity contribution in [2.24, 2.45) is 0 Å². The summed E-state index contributed by atoms with van der Waals surface area (Å²) in [6.45, 7) is 2.95. The molecule has 0 saturated heterocycles. The molecule has 0 aromatic heterocycles. The largest absolute Gasteiger partial charge is 0.457 e. The van der Waals surface area contributed by atoms with Crippen molar-refractivity contribution in [3.8, 4) is 11.5 Å². The van der Waals surface area contributed by atoms with E-state index in [0.29, 0.717) is 0 Å². The van der Waals surface area contributed by atoms with Crippen molar-refractivity contribution in [1.82, 2.24) is 5.32 Å². The van der Waals surface area contributed by atoms with E-state index in [0.717, 1.165) is 23.6 Å². The molecule has 0 amide bonds. The Labute approximate surface area is 122 Å². The van der Waals surface area contributed by atoms with Gasteiger partial charge in [-0.25, -0.2) is 0 Å². The Morgan fingerprint density at radius 3 is 2.44 bits per heavy atom. The quantitative estimate of drug-likeness (QED) is 0.836. The molecule has 0 fully saturated rings. The molecule has 2 aromatic carbocycles. The van der Waals surface area contributed by atoms with Crippen molar-refractivity contribution in [1.29, 1.82) is 0 Å². The highest BCUT2D eigenvalue weighted by Crippen LogP contribution is 2.26. The Balaban J connectivity index is 2.16. The first-order valence-corrected chi connectivity index (χ1v) is 6.94. The average molecular weight is 353 g/mol. The standard InChI is InChI=1S/C15H16INO/c1-11-9-12(10-17-2)3-8-15(11)18-14-6-4-13(16)5-7-14/h3-9,17H,10H2,1-2H3. The summed E-state index contributed by atoms with van der Waals surface area (Å²) in [6.07, 6.45) is 0. The second-order valence-corrected chi connectivity index (χ2v) is 5.43. The van der Waals surface area contributed by atoms with Crippen LogP contribution in [0, 0.1) is 10.5 Å². The van der Waals surface area contributed by atoms with Crippen LogP contribution < -0.4 is 10.1 Å². The summed E-state index contributed by atoms with van der Waals surface area (Å²) >= 11 is 2.29. The second-order valence-electron chi connectivity index (χ2n) is 4.19. The fourth-order valence-corrected chi connectivity index (χ4v) is 2.13. The maximum absolute atomic E-state index is 5.87. The second kappa shape index (κ2) is 6.20. The lowest BCUT2D eigenvalue weighted by Gasteiger charge is -2.10. The van der Waals surface area contributed by atoms with Crippen LogP contribution in [-0.2, 0) is 6.54 Å². The normalized spacial score (nSPS) is 10.4. The minimum atomic E-state index is 0.875. The highest BCUT2D eigenvalue weighted by Gasteiger charge is 2.02. The zero-order chi connectivity index (χ0) is 13.0. The van der Waals surface area contributed by atoms with E-state index in [1.165, 1.54) is 9.13 Å². The lowest BCUT2D eigenvalue weighted by atomic mass is 10.1. The van der Waals surface area contributed by atoms with Gasteiger partial charge in [0.05, 0.1) is 0 Å². The highest BCUT2D eigenvalue weighted by atomic mass is 127. The van der Waals surface area contributed by atoms with Gasteiger partial charge in [-0.2, -0.15) is 0 Å². The van der Waals surface area contributed by atoms with Crippen molar-refractivity contribution in [3.05, 3.63) is 57.2 Å². The summed E-state index contributed by atoms with van der Waals surface area (Å²) in [4.78, 5) is 0. The van der Waals surface area contributed by atoms with E-state index in [4.69, 9.17) is 4.74 Å². The monoisotopic (exact) mass is 353 g/mol. The lowest BCUT2D eigenvalue weighted by molar-refractivity contribution is 0.478. The number of halogens is 1. The fourth-order valence-electron chi connectivity index (χ4n) is 1.77. The molecule has 0 spiro atoms. The van der Waals surface area contributed by atoms with Gasteiger partial charge in [-0.1, -0.05) is 12.1 Å². The minimum absolute atomic E-state index is 0.875. The van der Waals surface area contributed by atoms with Gasteiger partial charge < -0.3 is 10.1 Å².